The van der Waals surface area contributed by atoms with Gasteiger partial charge in [0.05, 0.1) is 4.90 Å². The van der Waals surface area contributed by atoms with Crippen molar-refractivity contribution in [1.82, 2.24) is 9.21 Å². The van der Waals surface area contributed by atoms with Crippen molar-refractivity contribution in [2.45, 2.75) is 11.4 Å². The second-order valence-electron chi connectivity index (χ2n) is 5.73. The van der Waals surface area contributed by atoms with Gasteiger partial charge in [0.25, 0.3) is 0 Å². The summed E-state index contributed by atoms with van der Waals surface area (Å²) in [7, 11) is -3.70. The minimum atomic E-state index is -3.70. The van der Waals surface area contributed by atoms with Gasteiger partial charge >= 0.3 is 0 Å². The van der Waals surface area contributed by atoms with Gasteiger partial charge < -0.3 is 0 Å². The molecule has 0 saturated carbocycles. The first-order valence-electron chi connectivity index (χ1n) is 7.68. The molecule has 2 aromatic rings. The molecule has 128 valence electrons. The highest BCUT2D eigenvalue weighted by Crippen LogP contribution is 2.19. The van der Waals surface area contributed by atoms with E-state index in [0.29, 0.717) is 38.3 Å². The van der Waals surface area contributed by atoms with E-state index in [1.165, 1.54) is 28.6 Å². The zero-order chi connectivity index (χ0) is 17.2. The molecule has 0 unspecified atom stereocenters. The van der Waals surface area contributed by atoms with Crippen LogP contribution >= 0.6 is 0 Å². The van der Waals surface area contributed by atoms with Crippen LogP contribution in [0.25, 0.3) is 0 Å². The Morgan fingerprint density at radius 3 is 2.29 bits per heavy atom. The first kappa shape index (κ1) is 17.0. The van der Waals surface area contributed by atoms with Gasteiger partial charge in [0.15, 0.2) is 0 Å². The summed E-state index contributed by atoms with van der Waals surface area (Å²) in [6.45, 7) is 2.05. The minimum Gasteiger partial charge on any atom is -0.296 e. The lowest BCUT2D eigenvalue weighted by molar-refractivity contribution is 0.180. The third kappa shape index (κ3) is 3.63. The van der Waals surface area contributed by atoms with Crippen LogP contribution in [0.3, 0.4) is 0 Å². The molecule has 0 atom stereocenters. The number of piperazine rings is 1. The Labute approximate surface area is 140 Å². The molecule has 2 aromatic carbocycles. The van der Waals surface area contributed by atoms with E-state index in [9.17, 15) is 17.2 Å². The van der Waals surface area contributed by atoms with Crippen molar-refractivity contribution in [2.75, 3.05) is 26.2 Å². The van der Waals surface area contributed by atoms with E-state index >= 15 is 0 Å². The van der Waals surface area contributed by atoms with E-state index in [0.717, 1.165) is 6.07 Å². The molecule has 1 fully saturated rings. The van der Waals surface area contributed by atoms with E-state index in [2.05, 4.69) is 0 Å². The summed E-state index contributed by atoms with van der Waals surface area (Å²) >= 11 is 0. The van der Waals surface area contributed by atoms with Crippen molar-refractivity contribution in [3.8, 4) is 0 Å². The molecule has 7 heteroatoms. The predicted molar refractivity (Wildman–Crippen MR) is 86.8 cm³/mol. The quantitative estimate of drug-likeness (QED) is 0.849. The largest absolute Gasteiger partial charge is 0.296 e. The summed E-state index contributed by atoms with van der Waals surface area (Å²) in [5.74, 6) is -0.832. The molecule has 1 saturated heterocycles. The fourth-order valence-electron chi connectivity index (χ4n) is 2.77. The van der Waals surface area contributed by atoms with Crippen LogP contribution in [0.1, 0.15) is 5.56 Å². The zero-order valence-corrected chi connectivity index (χ0v) is 13.8. The lowest BCUT2D eigenvalue weighted by Crippen LogP contribution is -2.48. The molecule has 0 aliphatic carbocycles. The number of hydrogen-bond donors (Lipinski definition) is 0. The predicted octanol–water partition coefficient (Wildman–Crippen LogP) is 2.47. The summed E-state index contributed by atoms with van der Waals surface area (Å²) in [6.07, 6.45) is 0. The first-order valence-corrected chi connectivity index (χ1v) is 9.12. The molecule has 0 amide bonds. The fraction of sp³-hybridized carbons (Fsp3) is 0.294. The first-order chi connectivity index (χ1) is 11.5. The highest BCUT2D eigenvalue weighted by molar-refractivity contribution is 7.89. The van der Waals surface area contributed by atoms with Crippen LogP contribution in [0.15, 0.2) is 53.4 Å². The number of sulfonamides is 1. The average Bonchev–Trinajstić information content (AvgIpc) is 2.57. The standard InChI is InChI=1S/C17H18F2N2O2S/c18-15-5-3-6-16(12-15)24(22,23)21-10-8-20(9-11-21)13-14-4-1-2-7-17(14)19/h1-7,12H,8-11,13H2. The van der Waals surface area contributed by atoms with Crippen LogP contribution in [-0.2, 0) is 16.6 Å². The summed E-state index contributed by atoms with van der Waals surface area (Å²) in [6, 6.07) is 11.6. The Kier molecular flexibility index (Phi) is 4.93. The normalized spacial score (nSPS) is 17.1. The summed E-state index contributed by atoms with van der Waals surface area (Å²) in [4.78, 5) is 1.97. The van der Waals surface area contributed by atoms with Gasteiger partial charge in [0, 0.05) is 38.3 Å². The smallest absolute Gasteiger partial charge is 0.243 e. The highest BCUT2D eigenvalue weighted by atomic mass is 32.2. The van der Waals surface area contributed by atoms with Crippen molar-refractivity contribution in [1.29, 1.82) is 0 Å². The number of rotatable bonds is 4. The molecular weight excluding hydrogens is 334 g/mol. The molecule has 0 aromatic heterocycles. The van der Waals surface area contributed by atoms with E-state index in [1.807, 2.05) is 4.90 Å². The zero-order valence-electron chi connectivity index (χ0n) is 13.0. The Bertz CT molecular complexity index is 819. The van der Waals surface area contributed by atoms with E-state index in [4.69, 9.17) is 0 Å². The number of hydrogen-bond acceptors (Lipinski definition) is 3. The molecule has 24 heavy (non-hydrogen) atoms. The molecule has 1 aliphatic rings. The summed E-state index contributed by atoms with van der Waals surface area (Å²) in [5.41, 5.74) is 0.596. The van der Waals surface area contributed by atoms with E-state index < -0.39 is 15.8 Å². The highest BCUT2D eigenvalue weighted by Gasteiger charge is 2.28. The molecule has 3 rings (SSSR count). The Morgan fingerprint density at radius 2 is 1.62 bits per heavy atom. The molecular formula is C17H18F2N2O2S. The second-order valence-corrected chi connectivity index (χ2v) is 7.67. The van der Waals surface area contributed by atoms with Crippen LogP contribution in [0.4, 0.5) is 8.78 Å². The lowest BCUT2D eigenvalue weighted by atomic mass is 10.2. The van der Waals surface area contributed by atoms with Crippen molar-refractivity contribution in [3.05, 3.63) is 65.7 Å². The molecule has 1 heterocycles. The average molecular weight is 352 g/mol. The third-order valence-electron chi connectivity index (χ3n) is 4.12. The van der Waals surface area contributed by atoms with Gasteiger partial charge in [-0.3, -0.25) is 4.90 Å². The van der Waals surface area contributed by atoms with Crippen molar-refractivity contribution < 1.29 is 17.2 Å². The van der Waals surface area contributed by atoms with Gasteiger partial charge in [0.1, 0.15) is 11.6 Å². The van der Waals surface area contributed by atoms with Crippen LogP contribution < -0.4 is 0 Å². The van der Waals surface area contributed by atoms with Gasteiger partial charge in [-0.05, 0) is 24.3 Å². The van der Waals surface area contributed by atoms with Crippen molar-refractivity contribution in [3.63, 3.8) is 0 Å². The lowest BCUT2D eigenvalue weighted by Gasteiger charge is -2.34. The SMILES string of the molecule is O=S(=O)(c1cccc(F)c1)N1CCN(Cc2ccccc2F)CC1. The third-order valence-corrected chi connectivity index (χ3v) is 6.01. The molecule has 1 aliphatic heterocycles. The maximum Gasteiger partial charge on any atom is 0.243 e. The van der Waals surface area contributed by atoms with Crippen LogP contribution in [-0.4, -0.2) is 43.8 Å². The molecule has 0 N–H and O–H groups in total. The number of benzene rings is 2. The van der Waals surface area contributed by atoms with Crippen molar-refractivity contribution >= 4 is 10.0 Å². The molecule has 0 spiro atoms. The maximum absolute atomic E-state index is 13.7. The summed E-state index contributed by atoms with van der Waals surface area (Å²) in [5, 5.41) is 0. The van der Waals surface area contributed by atoms with E-state index in [-0.39, 0.29) is 10.7 Å². The van der Waals surface area contributed by atoms with Gasteiger partial charge in [-0.15, -0.1) is 0 Å². The second kappa shape index (κ2) is 6.96. The van der Waals surface area contributed by atoms with Gasteiger partial charge in [-0.25, -0.2) is 17.2 Å². The fourth-order valence-corrected chi connectivity index (χ4v) is 4.23. The van der Waals surface area contributed by atoms with Gasteiger partial charge in [0.2, 0.25) is 10.0 Å². The Hall–Kier alpha value is -1.83. The Morgan fingerprint density at radius 1 is 0.917 bits per heavy atom. The summed E-state index contributed by atoms with van der Waals surface area (Å²) < 4.78 is 53.4. The molecule has 4 nitrogen and oxygen atoms in total. The van der Waals surface area contributed by atoms with E-state index in [1.54, 1.807) is 18.2 Å². The van der Waals surface area contributed by atoms with Crippen LogP contribution in [0.5, 0.6) is 0 Å². The topological polar surface area (TPSA) is 40.6 Å². The minimum absolute atomic E-state index is 0.0370. The number of halogens is 2. The molecule has 0 radical (unpaired) electrons. The van der Waals surface area contributed by atoms with Gasteiger partial charge in [-0.2, -0.15) is 4.31 Å². The maximum atomic E-state index is 13.7. The monoisotopic (exact) mass is 352 g/mol. The van der Waals surface area contributed by atoms with Crippen molar-refractivity contribution in [2.24, 2.45) is 0 Å². The van der Waals surface area contributed by atoms with Crippen LogP contribution in [0.2, 0.25) is 0 Å². The van der Waals surface area contributed by atoms with Gasteiger partial charge in [-0.1, -0.05) is 24.3 Å². The Balaban J connectivity index is 1.65. The molecule has 0 bridgehead atoms. The van der Waals surface area contributed by atoms with Crippen LogP contribution in [0, 0.1) is 11.6 Å². The number of nitrogens with zero attached hydrogens (tertiary/aromatic N) is 2.